The van der Waals surface area contributed by atoms with Crippen LogP contribution < -0.4 is 5.32 Å². The number of esters is 3. The summed E-state index contributed by atoms with van der Waals surface area (Å²) in [6.45, 7) is 9.04. The van der Waals surface area contributed by atoms with Gasteiger partial charge in [-0.1, -0.05) is 13.8 Å². The number of hydrogen-bond acceptors (Lipinski definition) is 9. The minimum atomic E-state index is -1.33. The summed E-state index contributed by atoms with van der Waals surface area (Å²) in [5.74, 6) is -4.02. The van der Waals surface area contributed by atoms with Crippen LogP contribution in [0, 0.1) is 11.8 Å². The molecule has 0 aliphatic carbocycles. The molecule has 0 aromatic heterocycles. The van der Waals surface area contributed by atoms with Crippen LogP contribution >= 0.6 is 0 Å². The average molecular weight is 415 g/mol. The van der Waals surface area contributed by atoms with E-state index in [-0.39, 0.29) is 6.42 Å². The monoisotopic (exact) mass is 415 g/mol. The summed E-state index contributed by atoms with van der Waals surface area (Å²) in [4.78, 5) is 60.0. The van der Waals surface area contributed by atoms with Crippen molar-refractivity contribution in [2.45, 2.75) is 71.8 Å². The van der Waals surface area contributed by atoms with Crippen molar-refractivity contribution in [2.75, 3.05) is 6.61 Å². The molecule has 164 valence electrons. The molecule has 1 saturated heterocycles. The van der Waals surface area contributed by atoms with E-state index in [4.69, 9.17) is 18.9 Å². The molecule has 10 nitrogen and oxygen atoms in total. The summed E-state index contributed by atoms with van der Waals surface area (Å²) in [7, 11) is 0. The molecule has 29 heavy (non-hydrogen) atoms. The van der Waals surface area contributed by atoms with Crippen molar-refractivity contribution in [3.63, 3.8) is 0 Å². The number of ether oxygens (including phenoxy) is 4. The number of amides is 1. The van der Waals surface area contributed by atoms with E-state index >= 15 is 0 Å². The average Bonchev–Trinajstić information content (AvgIpc) is 2.61. The Morgan fingerprint density at radius 3 is 2.38 bits per heavy atom. The van der Waals surface area contributed by atoms with Crippen LogP contribution in [-0.4, -0.2) is 60.7 Å². The van der Waals surface area contributed by atoms with Crippen LogP contribution in [0.3, 0.4) is 0 Å². The molecule has 1 aliphatic heterocycles. The summed E-state index contributed by atoms with van der Waals surface area (Å²) in [5.41, 5.74) is -0.804. The highest BCUT2D eigenvalue weighted by molar-refractivity contribution is 5.83. The van der Waals surface area contributed by atoms with E-state index in [9.17, 15) is 24.0 Å². The highest BCUT2D eigenvalue weighted by Crippen LogP contribution is 2.23. The largest absolute Gasteiger partial charge is 0.463 e. The molecule has 10 heteroatoms. The molecular weight excluding hydrogens is 386 g/mol. The highest BCUT2D eigenvalue weighted by atomic mass is 16.6. The van der Waals surface area contributed by atoms with E-state index in [1.807, 2.05) is 0 Å². The zero-order valence-corrected chi connectivity index (χ0v) is 17.6. The quantitative estimate of drug-likeness (QED) is 0.398. The SMILES string of the molecule is CC(C)C(=O)OC1C(C)OC(=O)C(NC(=O)OC(C)(C)C)COC(=O)C1CC=O. The molecule has 0 bridgehead atoms. The van der Waals surface area contributed by atoms with Gasteiger partial charge in [0, 0.05) is 6.42 Å². The van der Waals surface area contributed by atoms with Crippen LogP contribution in [0.25, 0.3) is 0 Å². The second-order valence-electron chi connectivity index (χ2n) is 8.04. The van der Waals surface area contributed by atoms with Crippen molar-refractivity contribution in [1.29, 1.82) is 0 Å². The summed E-state index contributed by atoms with van der Waals surface area (Å²) in [6, 6.07) is -1.33. The lowest BCUT2D eigenvalue weighted by Gasteiger charge is -2.28. The predicted octanol–water partition coefficient (Wildman–Crippen LogP) is 1.14. The van der Waals surface area contributed by atoms with Gasteiger partial charge in [-0.2, -0.15) is 0 Å². The Balaban J connectivity index is 3.07. The minimum absolute atomic E-state index is 0.291. The highest BCUT2D eigenvalue weighted by Gasteiger charge is 2.42. The molecule has 1 heterocycles. The van der Waals surface area contributed by atoms with Gasteiger partial charge in [0.05, 0.1) is 5.92 Å². The van der Waals surface area contributed by atoms with E-state index < -0.39 is 66.3 Å². The Kier molecular flexibility index (Phi) is 8.59. The van der Waals surface area contributed by atoms with E-state index in [0.29, 0.717) is 6.29 Å². The van der Waals surface area contributed by atoms with Crippen LogP contribution in [0.5, 0.6) is 0 Å². The van der Waals surface area contributed by atoms with Crippen molar-refractivity contribution in [3.8, 4) is 0 Å². The Morgan fingerprint density at radius 2 is 1.86 bits per heavy atom. The van der Waals surface area contributed by atoms with E-state index in [2.05, 4.69) is 5.32 Å². The van der Waals surface area contributed by atoms with Gasteiger partial charge in [-0.15, -0.1) is 0 Å². The van der Waals surface area contributed by atoms with Gasteiger partial charge in [0.25, 0.3) is 0 Å². The molecule has 4 atom stereocenters. The first-order valence-corrected chi connectivity index (χ1v) is 9.36. The maximum absolute atomic E-state index is 12.5. The minimum Gasteiger partial charge on any atom is -0.463 e. The van der Waals surface area contributed by atoms with Crippen molar-refractivity contribution < 1.29 is 42.9 Å². The summed E-state index contributed by atoms with van der Waals surface area (Å²) in [6.07, 6.45) is -2.98. The lowest BCUT2D eigenvalue weighted by molar-refractivity contribution is -0.177. The number of nitrogens with one attached hydrogen (secondary N) is 1. The molecule has 1 N–H and O–H groups in total. The van der Waals surface area contributed by atoms with Crippen molar-refractivity contribution in [3.05, 3.63) is 0 Å². The second kappa shape index (κ2) is 10.2. The molecule has 1 amide bonds. The van der Waals surface area contributed by atoms with Crippen LogP contribution in [0.2, 0.25) is 0 Å². The fraction of sp³-hybridized carbons (Fsp3) is 0.737. The molecule has 0 aromatic carbocycles. The third kappa shape index (κ3) is 7.71. The number of carbonyl (C=O) groups excluding carboxylic acids is 5. The standard InChI is InChI=1S/C19H29NO9/c1-10(2)15(22)28-14-11(3)27-17(24)13(20-18(25)29-19(4,5)6)9-26-16(23)12(14)7-8-21/h8,10-14H,7,9H2,1-6H3,(H,20,25). The maximum Gasteiger partial charge on any atom is 0.408 e. The van der Waals surface area contributed by atoms with Crippen LogP contribution in [0.4, 0.5) is 4.79 Å². The first kappa shape index (κ1) is 24.4. The van der Waals surface area contributed by atoms with Crippen molar-refractivity contribution in [1.82, 2.24) is 5.32 Å². The van der Waals surface area contributed by atoms with Gasteiger partial charge in [0.2, 0.25) is 0 Å². The van der Waals surface area contributed by atoms with E-state index in [1.54, 1.807) is 34.6 Å². The first-order chi connectivity index (χ1) is 13.4. The lowest BCUT2D eigenvalue weighted by atomic mass is 9.95. The van der Waals surface area contributed by atoms with Gasteiger partial charge in [-0.3, -0.25) is 9.59 Å². The van der Waals surface area contributed by atoms with E-state index in [1.165, 1.54) is 6.92 Å². The third-order valence-corrected chi connectivity index (χ3v) is 3.91. The van der Waals surface area contributed by atoms with Crippen LogP contribution in [0.15, 0.2) is 0 Å². The Morgan fingerprint density at radius 1 is 1.24 bits per heavy atom. The molecule has 0 aromatic rings. The Bertz CT molecular complexity index is 638. The number of hydrogen-bond donors (Lipinski definition) is 1. The summed E-state index contributed by atoms with van der Waals surface area (Å²) in [5, 5.41) is 2.29. The van der Waals surface area contributed by atoms with Crippen molar-refractivity contribution in [2.24, 2.45) is 11.8 Å². The van der Waals surface area contributed by atoms with Gasteiger partial charge >= 0.3 is 24.0 Å². The summed E-state index contributed by atoms with van der Waals surface area (Å²) < 4.78 is 20.8. The molecular formula is C19H29NO9. The molecule has 1 aliphatic rings. The molecule has 4 unspecified atom stereocenters. The normalized spacial score (nSPS) is 25.6. The van der Waals surface area contributed by atoms with Gasteiger partial charge in [-0.25, -0.2) is 9.59 Å². The Labute approximate surface area is 169 Å². The molecule has 0 spiro atoms. The molecule has 0 saturated carbocycles. The number of carbonyl (C=O) groups is 5. The zero-order chi connectivity index (χ0) is 22.4. The molecule has 1 fully saturated rings. The zero-order valence-electron chi connectivity index (χ0n) is 17.6. The topological polar surface area (TPSA) is 134 Å². The third-order valence-electron chi connectivity index (χ3n) is 3.91. The van der Waals surface area contributed by atoms with Gasteiger partial charge in [0.15, 0.2) is 12.1 Å². The van der Waals surface area contributed by atoms with Gasteiger partial charge < -0.3 is 29.1 Å². The fourth-order valence-electron chi connectivity index (χ4n) is 2.47. The second-order valence-corrected chi connectivity index (χ2v) is 8.04. The smallest absolute Gasteiger partial charge is 0.408 e. The predicted molar refractivity (Wildman–Crippen MR) is 98.6 cm³/mol. The number of rotatable bonds is 5. The number of alkyl carbamates (subject to hydrolysis) is 1. The van der Waals surface area contributed by atoms with Gasteiger partial charge in [-0.05, 0) is 27.7 Å². The van der Waals surface area contributed by atoms with Crippen LogP contribution in [-0.2, 0) is 38.1 Å². The van der Waals surface area contributed by atoms with Gasteiger partial charge in [0.1, 0.15) is 30.5 Å². The number of aldehydes is 1. The number of cyclic esters (lactones) is 2. The van der Waals surface area contributed by atoms with Crippen LogP contribution in [0.1, 0.15) is 48.0 Å². The van der Waals surface area contributed by atoms with E-state index in [0.717, 1.165) is 0 Å². The first-order valence-electron chi connectivity index (χ1n) is 9.36. The Hall–Kier alpha value is -2.65. The maximum atomic E-state index is 12.5. The summed E-state index contributed by atoms with van der Waals surface area (Å²) >= 11 is 0. The fourth-order valence-corrected chi connectivity index (χ4v) is 2.47. The molecule has 0 radical (unpaired) electrons. The molecule has 1 rings (SSSR count). The lowest BCUT2D eigenvalue weighted by Crippen LogP contribution is -2.48. The van der Waals surface area contributed by atoms with Crippen molar-refractivity contribution >= 4 is 30.3 Å².